The fraction of sp³-hybridized carbons (Fsp3) is 0.167. The van der Waals surface area contributed by atoms with Gasteiger partial charge in [-0.15, -0.1) is 0 Å². The van der Waals surface area contributed by atoms with E-state index in [4.69, 9.17) is 0 Å². The molecule has 1 aliphatic heterocycles. The predicted molar refractivity (Wildman–Crippen MR) is 69.2 cm³/mol. The zero-order valence-electron chi connectivity index (χ0n) is 10.7. The summed E-state index contributed by atoms with van der Waals surface area (Å²) >= 11 is 0. The number of anilines is 1. The lowest BCUT2D eigenvalue weighted by Crippen LogP contribution is -2.33. The monoisotopic (exact) mass is 286 g/mol. The first kappa shape index (κ1) is 12.9. The molecule has 0 radical (unpaired) electrons. The molecule has 0 bridgehead atoms. The molecular formula is C12H10N6O3. The molecule has 3 rings (SSSR count). The third-order valence-corrected chi connectivity index (χ3v) is 3.01. The van der Waals surface area contributed by atoms with Crippen molar-refractivity contribution in [3.63, 3.8) is 0 Å². The molecule has 9 nitrogen and oxygen atoms in total. The summed E-state index contributed by atoms with van der Waals surface area (Å²) in [5.74, 6) is -1.01. The Hall–Kier alpha value is -3.10. The molecule has 2 aromatic rings. The minimum atomic E-state index is -0.435. The Morgan fingerprint density at radius 1 is 1.29 bits per heavy atom. The Morgan fingerprint density at radius 2 is 2.10 bits per heavy atom. The van der Waals surface area contributed by atoms with Gasteiger partial charge in [-0.2, -0.15) is 10.1 Å². The first-order chi connectivity index (χ1) is 10.2. The van der Waals surface area contributed by atoms with Gasteiger partial charge in [-0.1, -0.05) is 0 Å². The van der Waals surface area contributed by atoms with Gasteiger partial charge in [-0.25, -0.2) is 5.10 Å². The molecule has 21 heavy (non-hydrogen) atoms. The SMILES string of the molecule is O=C(CCN1C(=O)c2ccncc2C1=O)Nc1ncn[nH]1. The largest absolute Gasteiger partial charge is 0.295 e. The number of nitrogens with one attached hydrogen (secondary N) is 2. The molecule has 0 atom stereocenters. The topological polar surface area (TPSA) is 121 Å². The van der Waals surface area contributed by atoms with Crippen molar-refractivity contribution in [3.8, 4) is 0 Å². The van der Waals surface area contributed by atoms with E-state index in [0.29, 0.717) is 5.56 Å². The van der Waals surface area contributed by atoms with Crippen molar-refractivity contribution in [2.75, 3.05) is 11.9 Å². The number of carbonyl (C=O) groups excluding carboxylic acids is 3. The molecule has 0 saturated heterocycles. The Balaban J connectivity index is 1.63. The van der Waals surface area contributed by atoms with Gasteiger partial charge in [-0.3, -0.25) is 29.6 Å². The molecule has 0 unspecified atom stereocenters. The van der Waals surface area contributed by atoms with Gasteiger partial charge in [0.1, 0.15) is 6.33 Å². The van der Waals surface area contributed by atoms with Crippen molar-refractivity contribution >= 4 is 23.7 Å². The summed E-state index contributed by atoms with van der Waals surface area (Å²) in [6.07, 6.45) is 4.03. The lowest BCUT2D eigenvalue weighted by atomic mass is 10.2. The number of nitrogens with zero attached hydrogens (tertiary/aromatic N) is 4. The third kappa shape index (κ3) is 2.36. The summed E-state index contributed by atoms with van der Waals surface area (Å²) in [7, 11) is 0. The van der Waals surface area contributed by atoms with Crippen molar-refractivity contribution in [3.05, 3.63) is 35.9 Å². The van der Waals surface area contributed by atoms with E-state index in [-0.39, 0.29) is 30.4 Å². The van der Waals surface area contributed by atoms with Crippen LogP contribution in [0.3, 0.4) is 0 Å². The fourth-order valence-electron chi connectivity index (χ4n) is 2.01. The van der Waals surface area contributed by atoms with Crippen molar-refractivity contribution in [1.29, 1.82) is 0 Å². The average molecular weight is 286 g/mol. The molecule has 9 heteroatoms. The highest BCUT2D eigenvalue weighted by molar-refractivity contribution is 6.21. The van der Waals surface area contributed by atoms with E-state index in [1.807, 2.05) is 0 Å². The maximum atomic E-state index is 12.1. The molecule has 0 spiro atoms. The zero-order chi connectivity index (χ0) is 14.8. The molecule has 106 valence electrons. The summed E-state index contributed by atoms with van der Waals surface area (Å²) in [5, 5.41) is 8.53. The highest BCUT2D eigenvalue weighted by Gasteiger charge is 2.35. The van der Waals surface area contributed by atoms with Crippen LogP contribution in [0.15, 0.2) is 24.8 Å². The van der Waals surface area contributed by atoms with Gasteiger partial charge < -0.3 is 0 Å². The molecule has 1 aliphatic rings. The second-order valence-electron chi connectivity index (χ2n) is 4.32. The van der Waals surface area contributed by atoms with Crippen LogP contribution >= 0.6 is 0 Å². The summed E-state index contributed by atoms with van der Waals surface area (Å²) in [6, 6.07) is 1.49. The number of rotatable bonds is 4. The van der Waals surface area contributed by atoms with Crippen LogP contribution in [0.5, 0.6) is 0 Å². The number of hydrogen-bond donors (Lipinski definition) is 2. The highest BCUT2D eigenvalue weighted by Crippen LogP contribution is 2.21. The number of aromatic amines is 1. The van der Waals surface area contributed by atoms with Crippen LogP contribution in [0, 0.1) is 0 Å². The van der Waals surface area contributed by atoms with Gasteiger partial charge in [0.05, 0.1) is 11.1 Å². The maximum Gasteiger partial charge on any atom is 0.263 e. The van der Waals surface area contributed by atoms with Crippen molar-refractivity contribution in [2.24, 2.45) is 0 Å². The standard InChI is InChI=1S/C12H10N6O3/c19-9(16-12-14-6-15-17-12)2-4-18-10(20)7-1-3-13-5-8(7)11(18)21/h1,3,5-6H,2,4H2,(H2,14,15,16,17,19). The molecule has 3 heterocycles. The van der Waals surface area contributed by atoms with Crippen LogP contribution in [0.25, 0.3) is 0 Å². The van der Waals surface area contributed by atoms with E-state index in [1.165, 1.54) is 24.8 Å². The smallest absolute Gasteiger partial charge is 0.263 e. The third-order valence-electron chi connectivity index (χ3n) is 3.01. The quantitative estimate of drug-likeness (QED) is 0.752. The molecule has 0 saturated carbocycles. The fourth-order valence-corrected chi connectivity index (χ4v) is 2.01. The average Bonchev–Trinajstić information content (AvgIpc) is 3.07. The first-order valence-electron chi connectivity index (χ1n) is 6.12. The summed E-state index contributed by atoms with van der Waals surface area (Å²) in [4.78, 5) is 44.4. The van der Waals surface area contributed by atoms with Crippen molar-refractivity contribution in [2.45, 2.75) is 6.42 Å². The highest BCUT2D eigenvalue weighted by atomic mass is 16.2. The first-order valence-corrected chi connectivity index (χ1v) is 6.12. The summed E-state index contributed by atoms with van der Waals surface area (Å²) < 4.78 is 0. The lowest BCUT2D eigenvalue weighted by molar-refractivity contribution is -0.116. The maximum absolute atomic E-state index is 12.1. The van der Waals surface area contributed by atoms with E-state index >= 15 is 0 Å². The van der Waals surface area contributed by atoms with Crippen molar-refractivity contribution < 1.29 is 14.4 Å². The number of aromatic nitrogens is 4. The van der Waals surface area contributed by atoms with Crippen LogP contribution in [0.4, 0.5) is 5.95 Å². The molecule has 3 amide bonds. The second kappa shape index (κ2) is 5.12. The lowest BCUT2D eigenvalue weighted by Gasteiger charge is -2.12. The van der Waals surface area contributed by atoms with Crippen molar-refractivity contribution in [1.82, 2.24) is 25.1 Å². The number of carbonyl (C=O) groups is 3. The molecule has 0 aliphatic carbocycles. The normalized spacial score (nSPS) is 13.4. The number of fused-ring (bicyclic) bond motifs is 1. The Labute approximate surface area is 118 Å². The van der Waals surface area contributed by atoms with Gasteiger partial charge in [-0.05, 0) is 6.07 Å². The molecule has 2 N–H and O–H groups in total. The number of hydrogen-bond acceptors (Lipinski definition) is 6. The number of H-pyrrole nitrogens is 1. The van der Waals surface area contributed by atoms with Crippen LogP contribution in [0.2, 0.25) is 0 Å². The Bertz CT molecular complexity index is 677. The van der Waals surface area contributed by atoms with E-state index < -0.39 is 11.8 Å². The Kier molecular flexibility index (Phi) is 3.14. The number of amides is 3. The van der Waals surface area contributed by atoms with Crippen LogP contribution in [-0.4, -0.2) is 49.3 Å². The second-order valence-corrected chi connectivity index (χ2v) is 4.32. The summed E-state index contributed by atoms with van der Waals surface area (Å²) in [6.45, 7) is -0.00762. The van der Waals surface area contributed by atoms with E-state index in [9.17, 15) is 14.4 Å². The van der Waals surface area contributed by atoms with Crippen LogP contribution in [0.1, 0.15) is 27.1 Å². The van der Waals surface area contributed by atoms with Gasteiger partial charge in [0.2, 0.25) is 11.9 Å². The number of imide groups is 1. The van der Waals surface area contributed by atoms with E-state index in [0.717, 1.165) is 4.90 Å². The molecule has 0 aromatic carbocycles. The van der Waals surface area contributed by atoms with E-state index in [1.54, 1.807) is 0 Å². The molecule has 2 aromatic heterocycles. The number of pyridine rings is 1. The van der Waals surface area contributed by atoms with Crippen LogP contribution < -0.4 is 5.32 Å². The predicted octanol–water partition coefficient (Wildman–Crippen LogP) is -0.175. The Morgan fingerprint density at radius 3 is 2.81 bits per heavy atom. The minimum absolute atomic E-state index is 0.00762. The van der Waals surface area contributed by atoms with Gasteiger partial charge in [0.25, 0.3) is 11.8 Å². The minimum Gasteiger partial charge on any atom is -0.295 e. The van der Waals surface area contributed by atoms with Crippen LogP contribution in [-0.2, 0) is 4.79 Å². The van der Waals surface area contributed by atoms with E-state index in [2.05, 4.69) is 25.5 Å². The van der Waals surface area contributed by atoms with Gasteiger partial charge in [0.15, 0.2) is 0 Å². The van der Waals surface area contributed by atoms with Gasteiger partial charge >= 0.3 is 0 Å². The summed E-state index contributed by atoms with van der Waals surface area (Å²) in [5.41, 5.74) is 0.573. The zero-order valence-corrected chi connectivity index (χ0v) is 10.7. The molecule has 0 fully saturated rings. The molecular weight excluding hydrogens is 276 g/mol. The van der Waals surface area contributed by atoms with Gasteiger partial charge in [0, 0.05) is 25.4 Å².